The molecule has 0 spiro atoms. The van der Waals surface area contributed by atoms with Crippen molar-refractivity contribution < 1.29 is 13.6 Å². The molecule has 1 N–H and O–H groups in total. The van der Waals surface area contributed by atoms with E-state index in [1.165, 1.54) is 6.33 Å². The van der Waals surface area contributed by atoms with Gasteiger partial charge in [0.2, 0.25) is 5.91 Å². The van der Waals surface area contributed by atoms with Gasteiger partial charge in [-0.3, -0.25) is 9.69 Å². The van der Waals surface area contributed by atoms with Crippen molar-refractivity contribution in [2.45, 2.75) is 25.2 Å². The Kier molecular flexibility index (Phi) is 6.11. The van der Waals surface area contributed by atoms with Gasteiger partial charge in [-0.2, -0.15) is 0 Å². The number of rotatable bonds is 6. The van der Waals surface area contributed by atoms with Crippen molar-refractivity contribution in [3.63, 3.8) is 0 Å². The molecule has 9 heteroatoms. The normalized spacial score (nSPS) is 16.0. The predicted octanol–water partition coefficient (Wildman–Crippen LogP) is 1.49. The molecule has 0 atom stereocenters. The Morgan fingerprint density at radius 1 is 1.27 bits per heavy atom. The van der Waals surface area contributed by atoms with Crippen molar-refractivity contribution in [2.24, 2.45) is 0 Å². The second-order valence-electron chi connectivity index (χ2n) is 6.17. The molecule has 3 rings (SSSR count). The first-order valence-corrected chi connectivity index (χ1v) is 8.47. The molecule has 2 aromatic heterocycles. The minimum atomic E-state index is -2.52. The van der Waals surface area contributed by atoms with Gasteiger partial charge < -0.3 is 5.32 Å². The minimum absolute atomic E-state index is 0.141. The Morgan fingerprint density at radius 3 is 2.69 bits per heavy atom. The molecule has 1 amide bonds. The average Bonchev–Trinajstić information content (AvgIpc) is 2.68. The highest BCUT2D eigenvalue weighted by Crippen LogP contribution is 2.26. The smallest absolute Gasteiger partial charge is 0.255 e. The Hall–Kier alpha value is -2.55. The van der Waals surface area contributed by atoms with Crippen molar-refractivity contribution in [1.82, 2.24) is 30.2 Å². The van der Waals surface area contributed by atoms with Crippen LogP contribution in [0.1, 0.15) is 24.6 Å². The summed E-state index contributed by atoms with van der Waals surface area (Å²) in [6.07, 6.45) is 5.73. The largest absolute Gasteiger partial charge is 0.349 e. The van der Waals surface area contributed by atoms with Crippen LogP contribution in [0.5, 0.6) is 0 Å². The van der Waals surface area contributed by atoms with E-state index in [0.717, 1.165) is 29.9 Å². The first-order chi connectivity index (χ1) is 12.6. The predicted molar refractivity (Wildman–Crippen MR) is 90.5 cm³/mol. The number of halogens is 2. The Bertz CT molecular complexity index is 722. The SMILES string of the molecule is O=C(CN1CCC(c2nccc(-c3cncnc3)n2)CC1)NCC(F)F. The maximum atomic E-state index is 12.1. The van der Waals surface area contributed by atoms with Crippen molar-refractivity contribution in [3.8, 4) is 11.3 Å². The molecule has 0 unspecified atom stereocenters. The lowest BCUT2D eigenvalue weighted by molar-refractivity contribution is -0.123. The van der Waals surface area contributed by atoms with Crippen molar-refractivity contribution >= 4 is 5.91 Å². The zero-order valence-electron chi connectivity index (χ0n) is 14.2. The molecule has 2 aromatic rings. The summed E-state index contributed by atoms with van der Waals surface area (Å²) < 4.78 is 24.2. The third-order valence-electron chi connectivity index (χ3n) is 4.30. The standard InChI is InChI=1S/C17H20F2N6O/c18-15(19)9-23-16(26)10-25-5-2-12(3-6-25)17-22-4-1-14(24-17)13-7-20-11-21-8-13/h1,4,7-8,11-12,15H,2-3,5-6,9-10H2,(H,23,26). The summed E-state index contributed by atoms with van der Waals surface area (Å²) in [5.74, 6) is 0.610. The summed E-state index contributed by atoms with van der Waals surface area (Å²) in [6.45, 7) is 0.949. The fourth-order valence-electron chi connectivity index (χ4n) is 2.96. The molecule has 0 saturated carbocycles. The average molecular weight is 362 g/mol. The second kappa shape index (κ2) is 8.70. The van der Waals surface area contributed by atoms with Gasteiger partial charge in [-0.05, 0) is 32.0 Å². The van der Waals surface area contributed by atoms with Crippen LogP contribution in [-0.2, 0) is 4.79 Å². The summed E-state index contributed by atoms with van der Waals surface area (Å²) in [7, 11) is 0. The number of nitrogens with zero attached hydrogens (tertiary/aromatic N) is 5. The van der Waals surface area contributed by atoms with E-state index in [1.807, 2.05) is 11.0 Å². The van der Waals surface area contributed by atoms with Gasteiger partial charge in [-0.25, -0.2) is 28.7 Å². The van der Waals surface area contributed by atoms with E-state index in [2.05, 4.69) is 25.3 Å². The van der Waals surface area contributed by atoms with E-state index in [1.54, 1.807) is 18.6 Å². The number of hydrogen-bond donors (Lipinski definition) is 1. The number of likely N-dealkylation sites (tertiary alicyclic amines) is 1. The van der Waals surface area contributed by atoms with Gasteiger partial charge in [-0.1, -0.05) is 0 Å². The van der Waals surface area contributed by atoms with Crippen LogP contribution in [0.25, 0.3) is 11.3 Å². The highest BCUT2D eigenvalue weighted by atomic mass is 19.3. The van der Waals surface area contributed by atoms with E-state index in [4.69, 9.17) is 0 Å². The zero-order chi connectivity index (χ0) is 18.4. The molecule has 0 aliphatic carbocycles. The van der Waals surface area contributed by atoms with Gasteiger partial charge in [0.25, 0.3) is 6.43 Å². The number of aromatic nitrogens is 4. The van der Waals surface area contributed by atoms with Crippen LogP contribution >= 0.6 is 0 Å². The molecule has 1 fully saturated rings. The molecule has 138 valence electrons. The summed E-state index contributed by atoms with van der Waals surface area (Å²) in [5, 5.41) is 2.23. The van der Waals surface area contributed by atoms with Gasteiger partial charge in [0, 0.05) is 30.1 Å². The van der Waals surface area contributed by atoms with Crippen LogP contribution < -0.4 is 5.32 Å². The summed E-state index contributed by atoms with van der Waals surface area (Å²) in [5.41, 5.74) is 1.62. The monoisotopic (exact) mass is 362 g/mol. The molecule has 0 bridgehead atoms. The van der Waals surface area contributed by atoms with Crippen LogP contribution in [0.2, 0.25) is 0 Å². The summed E-state index contributed by atoms with van der Waals surface area (Å²) in [4.78, 5) is 30.6. The van der Waals surface area contributed by atoms with Crippen LogP contribution in [0.3, 0.4) is 0 Å². The Balaban J connectivity index is 1.54. The molecule has 0 aromatic carbocycles. The van der Waals surface area contributed by atoms with Crippen molar-refractivity contribution in [2.75, 3.05) is 26.2 Å². The van der Waals surface area contributed by atoms with Gasteiger partial charge in [-0.15, -0.1) is 0 Å². The molecule has 0 radical (unpaired) electrons. The first-order valence-electron chi connectivity index (χ1n) is 8.47. The minimum Gasteiger partial charge on any atom is -0.349 e. The molecule has 1 saturated heterocycles. The molecule has 7 nitrogen and oxygen atoms in total. The number of amides is 1. The number of alkyl halides is 2. The maximum absolute atomic E-state index is 12.1. The third-order valence-corrected chi connectivity index (χ3v) is 4.30. The maximum Gasteiger partial charge on any atom is 0.255 e. The first kappa shape index (κ1) is 18.2. The van der Waals surface area contributed by atoms with Gasteiger partial charge in [0.05, 0.1) is 18.8 Å². The van der Waals surface area contributed by atoms with Crippen LogP contribution in [-0.4, -0.2) is 63.3 Å². The lowest BCUT2D eigenvalue weighted by Gasteiger charge is -2.30. The van der Waals surface area contributed by atoms with E-state index in [0.29, 0.717) is 13.1 Å². The lowest BCUT2D eigenvalue weighted by Crippen LogP contribution is -2.42. The third kappa shape index (κ3) is 4.98. The fourth-order valence-corrected chi connectivity index (χ4v) is 2.96. The topological polar surface area (TPSA) is 83.9 Å². The Labute approximate surface area is 149 Å². The van der Waals surface area contributed by atoms with Gasteiger partial charge >= 0.3 is 0 Å². The van der Waals surface area contributed by atoms with Crippen LogP contribution in [0, 0.1) is 0 Å². The van der Waals surface area contributed by atoms with Crippen LogP contribution in [0.4, 0.5) is 8.78 Å². The number of carbonyl (C=O) groups excluding carboxylic acids is 1. The van der Waals surface area contributed by atoms with Crippen LogP contribution in [0.15, 0.2) is 31.0 Å². The second-order valence-corrected chi connectivity index (χ2v) is 6.17. The molecule has 3 heterocycles. The quantitative estimate of drug-likeness (QED) is 0.838. The number of hydrogen-bond acceptors (Lipinski definition) is 6. The highest BCUT2D eigenvalue weighted by Gasteiger charge is 2.24. The highest BCUT2D eigenvalue weighted by molar-refractivity contribution is 5.78. The number of nitrogens with one attached hydrogen (secondary N) is 1. The molecule has 1 aliphatic rings. The summed E-state index contributed by atoms with van der Waals surface area (Å²) >= 11 is 0. The molecule has 1 aliphatic heterocycles. The molecular formula is C17H20F2N6O. The van der Waals surface area contributed by atoms with Crippen molar-refractivity contribution in [1.29, 1.82) is 0 Å². The van der Waals surface area contributed by atoms with Crippen molar-refractivity contribution in [3.05, 3.63) is 36.8 Å². The molecular weight excluding hydrogens is 342 g/mol. The zero-order valence-corrected chi connectivity index (χ0v) is 14.2. The van der Waals surface area contributed by atoms with E-state index >= 15 is 0 Å². The molecule has 26 heavy (non-hydrogen) atoms. The van der Waals surface area contributed by atoms with Gasteiger partial charge in [0.1, 0.15) is 12.2 Å². The van der Waals surface area contributed by atoms with E-state index < -0.39 is 13.0 Å². The fraction of sp³-hybridized carbons (Fsp3) is 0.471. The van der Waals surface area contributed by atoms with E-state index in [9.17, 15) is 13.6 Å². The lowest BCUT2D eigenvalue weighted by atomic mass is 9.95. The van der Waals surface area contributed by atoms with Gasteiger partial charge in [0.15, 0.2) is 0 Å². The number of carbonyl (C=O) groups is 1. The van der Waals surface area contributed by atoms with E-state index in [-0.39, 0.29) is 18.4 Å². The Morgan fingerprint density at radius 2 is 2.00 bits per heavy atom. The number of piperidine rings is 1. The summed E-state index contributed by atoms with van der Waals surface area (Å²) in [6, 6.07) is 1.82.